The number of aromatic nitrogens is 1. The molecule has 1 aliphatic rings. The minimum absolute atomic E-state index is 0.0433. The minimum atomic E-state index is -3.25. The first-order valence-corrected chi connectivity index (χ1v) is 10.5. The Labute approximate surface area is 146 Å². The summed E-state index contributed by atoms with van der Waals surface area (Å²) in [5, 5.41) is 3.44. The number of sulfone groups is 1. The standard InChI is InChI=1S/C17H20N2O3S2/c1-3-24(21,22)13-7-5-12(6-8-13)16(20)19-17-18-14-9-4-11(2)10-15(14)23-17/h5-8,11H,3-4,9-10H2,1-2H3,(H,18,19,20)/t11-/m0/s1. The van der Waals surface area contributed by atoms with E-state index in [4.69, 9.17) is 0 Å². The van der Waals surface area contributed by atoms with Crippen LogP contribution in [0.1, 0.15) is 41.2 Å². The van der Waals surface area contributed by atoms with E-state index in [0.29, 0.717) is 16.6 Å². The number of amides is 1. The fraction of sp³-hybridized carbons (Fsp3) is 0.412. The molecule has 0 saturated heterocycles. The Kier molecular flexibility index (Phi) is 4.73. The summed E-state index contributed by atoms with van der Waals surface area (Å²) in [5.41, 5.74) is 1.52. The van der Waals surface area contributed by atoms with Gasteiger partial charge in [-0.1, -0.05) is 13.8 Å². The SMILES string of the molecule is CCS(=O)(=O)c1ccc(C(=O)Nc2nc3c(s2)C[C@@H](C)CC3)cc1. The molecule has 1 N–H and O–H groups in total. The number of fused-ring (bicyclic) bond motifs is 1. The molecule has 128 valence electrons. The Morgan fingerprint density at radius 1 is 1.33 bits per heavy atom. The second-order valence-corrected chi connectivity index (χ2v) is 9.48. The van der Waals surface area contributed by atoms with Crippen molar-refractivity contribution in [2.45, 2.75) is 38.0 Å². The van der Waals surface area contributed by atoms with Crippen molar-refractivity contribution in [2.75, 3.05) is 11.1 Å². The Hall–Kier alpha value is -1.73. The van der Waals surface area contributed by atoms with Crippen LogP contribution in [0.2, 0.25) is 0 Å². The first-order valence-electron chi connectivity index (χ1n) is 8.02. The Bertz CT molecular complexity index is 854. The van der Waals surface area contributed by atoms with E-state index in [0.717, 1.165) is 25.0 Å². The van der Waals surface area contributed by atoms with Gasteiger partial charge in [-0.25, -0.2) is 13.4 Å². The molecule has 0 radical (unpaired) electrons. The largest absolute Gasteiger partial charge is 0.298 e. The highest BCUT2D eigenvalue weighted by Crippen LogP contribution is 2.32. The monoisotopic (exact) mass is 364 g/mol. The number of anilines is 1. The van der Waals surface area contributed by atoms with Crippen molar-refractivity contribution in [3.8, 4) is 0 Å². The molecule has 0 aliphatic heterocycles. The summed E-state index contributed by atoms with van der Waals surface area (Å²) < 4.78 is 23.6. The zero-order chi connectivity index (χ0) is 17.3. The van der Waals surface area contributed by atoms with Crippen molar-refractivity contribution in [2.24, 2.45) is 5.92 Å². The molecule has 1 heterocycles. The zero-order valence-electron chi connectivity index (χ0n) is 13.7. The Morgan fingerprint density at radius 3 is 2.71 bits per heavy atom. The summed E-state index contributed by atoms with van der Waals surface area (Å²) in [6.45, 7) is 3.83. The molecule has 1 amide bonds. The summed E-state index contributed by atoms with van der Waals surface area (Å²) >= 11 is 1.53. The van der Waals surface area contributed by atoms with Crippen LogP contribution in [0.3, 0.4) is 0 Å². The van der Waals surface area contributed by atoms with Crippen molar-refractivity contribution >= 4 is 32.2 Å². The number of hydrogen-bond donors (Lipinski definition) is 1. The quantitative estimate of drug-likeness (QED) is 0.903. The molecule has 24 heavy (non-hydrogen) atoms. The lowest BCUT2D eigenvalue weighted by Gasteiger charge is -2.15. The van der Waals surface area contributed by atoms with Crippen molar-refractivity contribution in [1.82, 2.24) is 4.98 Å². The topological polar surface area (TPSA) is 76.1 Å². The molecule has 0 spiro atoms. The number of nitrogens with one attached hydrogen (secondary N) is 1. The molecule has 0 unspecified atom stereocenters. The van der Waals surface area contributed by atoms with Gasteiger partial charge in [0.2, 0.25) is 0 Å². The maximum Gasteiger partial charge on any atom is 0.257 e. The van der Waals surface area contributed by atoms with E-state index in [1.54, 1.807) is 6.92 Å². The van der Waals surface area contributed by atoms with E-state index in [-0.39, 0.29) is 16.6 Å². The number of hydrogen-bond acceptors (Lipinski definition) is 5. The van der Waals surface area contributed by atoms with Gasteiger partial charge in [-0.15, -0.1) is 11.3 Å². The first-order chi connectivity index (χ1) is 11.4. The molecule has 2 aromatic rings. The summed E-state index contributed by atoms with van der Waals surface area (Å²) in [6.07, 6.45) is 3.12. The highest BCUT2D eigenvalue weighted by Gasteiger charge is 2.21. The number of nitrogens with zero attached hydrogens (tertiary/aromatic N) is 1. The molecule has 1 aromatic carbocycles. The van der Waals surface area contributed by atoms with Crippen molar-refractivity contribution in [3.63, 3.8) is 0 Å². The lowest BCUT2D eigenvalue weighted by molar-refractivity contribution is 0.102. The van der Waals surface area contributed by atoms with E-state index in [2.05, 4.69) is 17.2 Å². The molecule has 0 bridgehead atoms. The smallest absolute Gasteiger partial charge is 0.257 e. The first kappa shape index (κ1) is 17.1. The molecular weight excluding hydrogens is 344 g/mol. The third kappa shape index (κ3) is 3.52. The van der Waals surface area contributed by atoms with Gasteiger partial charge in [-0.3, -0.25) is 10.1 Å². The average molecular weight is 364 g/mol. The van der Waals surface area contributed by atoms with E-state index in [9.17, 15) is 13.2 Å². The van der Waals surface area contributed by atoms with Gasteiger partial charge < -0.3 is 0 Å². The predicted molar refractivity (Wildman–Crippen MR) is 95.4 cm³/mol. The maximum absolute atomic E-state index is 12.3. The molecule has 7 heteroatoms. The van der Waals surface area contributed by atoms with Crippen LogP contribution in [0.25, 0.3) is 0 Å². The number of aryl methyl sites for hydroxylation is 1. The zero-order valence-corrected chi connectivity index (χ0v) is 15.3. The molecular formula is C17H20N2O3S2. The summed E-state index contributed by atoms with van der Waals surface area (Å²) in [6, 6.07) is 6.02. The van der Waals surface area contributed by atoms with Crippen LogP contribution in [0.4, 0.5) is 5.13 Å². The van der Waals surface area contributed by atoms with Gasteiger partial charge in [-0.2, -0.15) is 0 Å². The van der Waals surface area contributed by atoms with Crippen LogP contribution in [-0.4, -0.2) is 25.1 Å². The molecule has 0 saturated carbocycles. The predicted octanol–water partition coefficient (Wildman–Crippen LogP) is 3.31. The number of benzene rings is 1. The lowest BCUT2D eigenvalue weighted by atomic mass is 9.93. The number of carbonyl (C=O) groups excluding carboxylic acids is 1. The molecule has 1 aliphatic carbocycles. The van der Waals surface area contributed by atoms with Crippen LogP contribution in [0, 0.1) is 5.92 Å². The van der Waals surface area contributed by atoms with E-state index in [1.807, 2.05) is 0 Å². The van der Waals surface area contributed by atoms with E-state index in [1.165, 1.54) is 40.5 Å². The van der Waals surface area contributed by atoms with Crippen molar-refractivity contribution < 1.29 is 13.2 Å². The van der Waals surface area contributed by atoms with Crippen LogP contribution >= 0.6 is 11.3 Å². The highest BCUT2D eigenvalue weighted by atomic mass is 32.2. The molecule has 1 aromatic heterocycles. The van der Waals surface area contributed by atoms with Gasteiger partial charge in [0.25, 0.3) is 5.91 Å². The van der Waals surface area contributed by atoms with Crippen LogP contribution in [-0.2, 0) is 22.7 Å². The summed E-state index contributed by atoms with van der Waals surface area (Å²) in [7, 11) is -3.25. The fourth-order valence-corrected chi connectivity index (χ4v) is 4.79. The van der Waals surface area contributed by atoms with Crippen molar-refractivity contribution in [1.29, 1.82) is 0 Å². The Morgan fingerprint density at radius 2 is 2.04 bits per heavy atom. The van der Waals surface area contributed by atoms with Gasteiger partial charge >= 0.3 is 0 Å². The summed E-state index contributed by atoms with van der Waals surface area (Å²) in [4.78, 5) is 18.3. The van der Waals surface area contributed by atoms with Gasteiger partial charge in [0.15, 0.2) is 15.0 Å². The summed E-state index contributed by atoms with van der Waals surface area (Å²) in [5.74, 6) is 0.436. The van der Waals surface area contributed by atoms with Crippen LogP contribution < -0.4 is 5.32 Å². The lowest BCUT2D eigenvalue weighted by Crippen LogP contribution is -2.12. The molecule has 1 atom stereocenters. The van der Waals surface area contributed by atoms with Gasteiger partial charge in [-0.05, 0) is 49.4 Å². The maximum atomic E-state index is 12.3. The van der Waals surface area contributed by atoms with Crippen LogP contribution in [0.15, 0.2) is 29.2 Å². The average Bonchev–Trinajstić information content (AvgIpc) is 2.96. The number of thiazole rings is 1. The molecule has 5 nitrogen and oxygen atoms in total. The normalized spacial score (nSPS) is 17.3. The number of rotatable bonds is 4. The number of carbonyl (C=O) groups is 1. The van der Waals surface area contributed by atoms with Crippen molar-refractivity contribution in [3.05, 3.63) is 40.4 Å². The molecule has 3 rings (SSSR count). The third-order valence-corrected chi connectivity index (χ3v) is 7.05. The highest BCUT2D eigenvalue weighted by molar-refractivity contribution is 7.91. The third-order valence-electron chi connectivity index (χ3n) is 4.26. The fourth-order valence-electron chi connectivity index (χ4n) is 2.74. The second-order valence-electron chi connectivity index (χ2n) is 6.12. The van der Waals surface area contributed by atoms with Gasteiger partial charge in [0.05, 0.1) is 16.3 Å². The van der Waals surface area contributed by atoms with E-state index < -0.39 is 9.84 Å². The molecule has 0 fully saturated rings. The Balaban J connectivity index is 1.74. The van der Waals surface area contributed by atoms with Gasteiger partial charge in [0, 0.05) is 10.4 Å². The van der Waals surface area contributed by atoms with Crippen LogP contribution in [0.5, 0.6) is 0 Å². The minimum Gasteiger partial charge on any atom is -0.298 e. The second kappa shape index (κ2) is 6.64. The van der Waals surface area contributed by atoms with Gasteiger partial charge in [0.1, 0.15) is 0 Å². The van der Waals surface area contributed by atoms with E-state index >= 15 is 0 Å².